The van der Waals surface area contributed by atoms with E-state index in [9.17, 15) is 8.42 Å². The van der Waals surface area contributed by atoms with Crippen molar-refractivity contribution in [2.75, 3.05) is 41.4 Å². The molecule has 0 amide bonds. The molecule has 0 N–H and O–H groups in total. The first-order chi connectivity index (χ1) is 9.94. The SMILES string of the molecule is Cc1cc(N(C)C2CCS(=O)(=O)C2)nc(N2CCCC2)n1. The summed E-state index contributed by atoms with van der Waals surface area (Å²) in [6.07, 6.45) is 3.05. The van der Waals surface area contributed by atoms with Gasteiger partial charge in [-0.15, -0.1) is 0 Å². The molecule has 1 atom stereocenters. The molecule has 2 aliphatic heterocycles. The Hall–Kier alpha value is -1.37. The van der Waals surface area contributed by atoms with Gasteiger partial charge in [0.15, 0.2) is 9.84 Å². The molecule has 2 aliphatic rings. The lowest BCUT2D eigenvalue weighted by Gasteiger charge is -2.26. The Balaban J connectivity index is 1.84. The summed E-state index contributed by atoms with van der Waals surface area (Å²) in [6.45, 7) is 3.97. The van der Waals surface area contributed by atoms with Gasteiger partial charge < -0.3 is 9.80 Å². The molecule has 2 saturated heterocycles. The monoisotopic (exact) mass is 310 g/mol. The van der Waals surface area contributed by atoms with Crippen LogP contribution >= 0.6 is 0 Å². The van der Waals surface area contributed by atoms with Crippen LogP contribution in [0.1, 0.15) is 25.0 Å². The van der Waals surface area contributed by atoms with Crippen molar-refractivity contribution in [2.24, 2.45) is 0 Å². The molecule has 6 nitrogen and oxygen atoms in total. The van der Waals surface area contributed by atoms with E-state index in [2.05, 4.69) is 14.9 Å². The summed E-state index contributed by atoms with van der Waals surface area (Å²) in [4.78, 5) is 13.4. The Morgan fingerprint density at radius 2 is 2.00 bits per heavy atom. The van der Waals surface area contributed by atoms with Gasteiger partial charge >= 0.3 is 0 Å². The lowest BCUT2D eigenvalue weighted by atomic mass is 10.2. The van der Waals surface area contributed by atoms with Gasteiger partial charge in [0.25, 0.3) is 0 Å². The van der Waals surface area contributed by atoms with Crippen LogP contribution in [-0.2, 0) is 9.84 Å². The summed E-state index contributed by atoms with van der Waals surface area (Å²) >= 11 is 0. The molecule has 1 aromatic rings. The van der Waals surface area contributed by atoms with Crippen LogP contribution in [-0.4, -0.2) is 56.1 Å². The second-order valence-electron chi connectivity index (χ2n) is 6.03. The maximum atomic E-state index is 11.7. The molecule has 1 unspecified atom stereocenters. The zero-order chi connectivity index (χ0) is 15.0. The predicted octanol–water partition coefficient (Wildman–Crippen LogP) is 1.01. The quantitative estimate of drug-likeness (QED) is 0.830. The minimum atomic E-state index is -2.88. The molecule has 116 valence electrons. The number of aromatic nitrogens is 2. The molecule has 0 radical (unpaired) electrons. The molecule has 21 heavy (non-hydrogen) atoms. The largest absolute Gasteiger partial charge is 0.355 e. The Morgan fingerprint density at radius 1 is 1.29 bits per heavy atom. The van der Waals surface area contributed by atoms with E-state index in [-0.39, 0.29) is 17.5 Å². The van der Waals surface area contributed by atoms with Crippen molar-refractivity contribution < 1.29 is 8.42 Å². The molecular formula is C14H22N4O2S. The first kappa shape index (κ1) is 14.6. The average molecular weight is 310 g/mol. The van der Waals surface area contributed by atoms with Crippen molar-refractivity contribution in [2.45, 2.75) is 32.2 Å². The van der Waals surface area contributed by atoms with Crippen LogP contribution < -0.4 is 9.80 Å². The smallest absolute Gasteiger partial charge is 0.227 e. The third-order valence-corrected chi connectivity index (χ3v) is 6.09. The van der Waals surface area contributed by atoms with Gasteiger partial charge in [-0.3, -0.25) is 0 Å². The predicted molar refractivity (Wildman–Crippen MR) is 83.7 cm³/mol. The van der Waals surface area contributed by atoms with Crippen LogP contribution in [0.3, 0.4) is 0 Å². The second kappa shape index (κ2) is 5.44. The van der Waals surface area contributed by atoms with Crippen molar-refractivity contribution in [1.29, 1.82) is 0 Å². The summed E-state index contributed by atoms with van der Waals surface area (Å²) in [6, 6.07) is 1.96. The minimum Gasteiger partial charge on any atom is -0.355 e. The van der Waals surface area contributed by atoms with Crippen LogP contribution in [0.5, 0.6) is 0 Å². The number of sulfone groups is 1. The number of rotatable bonds is 3. The van der Waals surface area contributed by atoms with Crippen molar-refractivity contribution in [3.05, 3.63) is 11.8 Å². The normalized spacial score (nSPS) is 24.5. The Morgan fingerprint density at radius 3 is 2.62 bits per heavy atom. The first-order valence-electron chi connectivity index (χ1n) is 7.48. The average Bonchev–Trinajstić information content (AvgIpc) is 3.06. The highest BCUT2D eigenvalue weighted by atomic mass is 32.2. The fraction of sp³-hybridized carbons (Fsp3) is 0.714. The summed E-state index contributed by atoms with van der Waals surface area (Å²) in [5.41, 5.74) is 0.926. The summed E-state index contributed by atoms with van der Waals surface area (Å²) in [5.74, 6) is 2.11. The van der Waals surface area contributed by atoms with E-state index in [1.165, 1.54) is 12.8 Å². The molecule has 0 saturated carbocycles. The second-order valence-corrected chi connectivity index (χ2v) is 8.26. The van der Waals surface area contributed by atoms with Gasteiger partial charge in [-0.1, -0.05) is 0 Å². The van der Waals surface area contributed by atoms with Crippen LogP contribution in [0.25, 0.3) is 0 Å². The van der Waals surface area contributed by atoms with E-state index in [1.54, 1.807) is 0 Å². The molecular weight excluding hydrogens is 288 g/mol. The zero-order valence-corrected chi connectivity index (χ0v) is 13.4. The Kier molecular flexibility index (Phi) is 3.77. The van der Waals surface area contributed by atoms with Crippen molar-refractivity contribution in [3.8, 4) is 0 Å². The fourth-order valence-corrected chi connectivity index (χ4v) is 4.82. The molecule has 0 aliphatic carbocycles. The third kappa shape index (κ3) is 3.12. The van der Waals surface area contributed by atoms with Crippen molar-refractivity contribution >= 4 is 21.6 Å². The fourth-order valence-electron chi connectivity index (χ4n) is 3.04. The topological polar surface area (TPSA) is 66.4 Å². The lowest BCUT2D eigenvalue weighted by Crippen LogP contribution is -2.34. The highest BCUT2D eigenvalue weighted by molar-refractivity contribution is 7.91. The number of anilines is 2. The van der Waals surface area contributed by atoms with Gasteiger partial charge in [0.1, 0.15) is 5.82 Å². The Bertz CT molecular complexity index is 626. The van der Waals surface area contributed by atoms with E-state index in [4.69, 9.17) is 0 Å². The molecule has 3 heterocycles. The molecule has 0 aromatic carbocycles. The number of aryl methyl sites for hydroxylation is 1. The lowest BCUT2D eigenvalue weighted by molar-refractivity contribution is 0.600. The zero-order valence-electron chi connectivity index (χ0n) is 12.6. The van der Waals surface area contributed by atoms with E-state index in [1.807, 2.05) is 24.9 Å². The highest BCUT2D eigenvalue weighted by Crippen LogP contribution is 2.24. The minimum absolute atomic E-state index is 0.0238. The molecule has 3 rings (SSSR count). The van der Waals surface area contributed by atoms with Crippen molar-refractivity contribution in [3.63, 3.8) is 0 Å². The Labute approximate surface area is 126 Å². The number of hydrogen-bond donors (Lipinski definition) is 0. The molecule has 0 bridgehead atoms. The van der Waals surface area contributed by atoms with Gasteiger partial charge in [-0.05, 0) is 26.2 Å². The maximum Gasteiger partial charge on any atom is 0.227 e. The third-order valence-electron chi connectivity index (χ3n) is 4.34. The first-order valence-corrected chi connectivity index (χ1v) is 9.31. The van der Waals surface area contributed by atoms with Crippen molar-refractivity contribution in [1.82, 2.24) is 9.97 Å². The van der Waals surface area contributed by atoms with E-state index in [0.29, 0.717) is 6.42 Å². The van der Waals surface area contributed by atoms with Gasteiger partial charge in [0, 0.05) is 37.9 Å². The highest BCUT2D eigenvalue weighted by Gasteiger charge is 2.31. The van der Waals surface area contributed by atoms with Crippen LogP contribution in [0.2, 0.25) is 0 Å². The molecule has 1 aromatic heterocycles. The van der Waals surface area contributed by atoms with Crippen LogP contribution in [0.15, 0.2) is 6.07 Å². The van der Waals surface area contributed by atoms with E-state index < -0.39 is 9.84 Å². The van der Waals surface area contributed by atoms with Gasteiger partial charge in [0.2, 0.25) is 5.95 Å². The molecule has 2 fully saturated rings. The standard InChI is InChI=1S/C14H22N4O2S/c1-11-9-13(16-14(15-11)18-6-3-4-7-18)17(2)12-5-8-21(19,20)10-12/h9,12H,3-8,10H2,1-2H3. The summed E-state index contributed by atoms with van der Waals surface area (Å²) in [7, 11) is -0.948. The van der Waals surface area contributed by atoms with Gasteiger partial charge in [-0.25, -0.2) is 13.4 Å². The summed E-state index contributed by atoms with van der Waals surface area (Å²) < 4.78 is 23.3. The molecule has 7 heteroatoms. The van der Waals surface area contributed by atoms with Crippen LogP contribution in [0, 0.1) is 6.92 Å². The van der Waals surface area contributed by atoms with Gasteiger partial charge in [0.05, 0.1) is 11.5 Å². The number of nitrogens with zero attached hydrogens (tertiary/aromatic N) is 4. The van der Waals surface area contributed by atoms with Crippen LogP contribution in [0.4, 0.5) is 11.8 Å². The summed E-state index contributed by atoms with van der Waals surface area (Å²) in [5, 5.41) is 0. The molecule has 0 spiro atoms. The number of hydrogen-bond acceptors (Lipinski definition) is 6. The van der Waals surface area contributed by atoms with E-state index in [0.717, 1.165) is 30.5 Å². The maximum absolute atomic E-state index is 11.7. The van der Waals surface area contributed by atoms with Gasteiger partial charge in [-0.2, -0.15) is 4.98 Å². The van der Waals surface area contributed by atoms with E-state index >= 15 is 0 Å².